The third-order valence-corrected chi connectivity index (χ3v) is 2.87. The number of hydrogen-bond donors (Lipinski definition) is 1. The van der Waals surface area contributed by atoms with Crippen LogP contribution < -0.4 is 5.32 Å². The molecule has 1 aromatic carbocycles. The monoisotopic (exact) mass is 303 g/mol. The van der Waals surface area contributed by atoms with Gasteiger partial charge in [0.2, 0.25) is 0 Å². The third-order valence-electron chi connectivity index (χ3n) is 2.87. The maximum atomic E-state index is 13.5. The summed E-state index contributed by atoms with van der Waals surface area (Å²) < 4.78 is 44.3. The van der Waals surface area contributed by atoms with Crippen molar-refractivity contribution in [1.82, 2.24) is 5.32 Å². The number of unbranched alkanes of at least 4 members (excludes halogenated alkanes) is 1. The molecule has 1 N–H and O–H groups in total. The van der Waals surface area contributed by atoms with E-state index < -0.39 is 40.9 Å². The highest BCUT2D eigenvalue weighted by atomic mass is 19.1. The molecule has 1 rings (SSSR count). The van der Waals surface area contributed by atoms with Crippen LogP contribution in [0.2, 0.25) is 0 Å². The van der Waals surface area contributed by atoms with Gasteiger partial charge in [-0.05, 0) is 6.42 Å². The summed E-state index contributed by atoms with van der Waals surface area (Å²) in [5, 5.41) is 2.20. The Bertz CT molecular complexity index is 511. The lowest BCUT2D eigenvalue weighted by Gasteiger charge is -2.16. The van der Waals surface area contributed by atoms with Gasteiger partial charge in [0.05, 0.1) is 7.11 Å². The van der Waals surface area contributed by atoms with Crippen molar-refractivity contribution in [2.75, 3.05) is 7.11 Å². The number of amides is 1. The van der Waals surface area contributed by atoms with Gasteiger partial charge in [-0.25, -0.2) is 18.0 Å². The summed E-state index contributed by atoms with van der Waals surface area (Å²) in [6, 6.07) is -0.208. The fraction of sp³-hybridized carbons (Fsp3) is 0.429. The average molecular weight is 303 g/mol. The SMILES string of the molecule is CCCC[C@@H](NC(=O)c1c(F)cc(F)cc1F)C(=O)OC. The number of carbonyl (C=O) groups is 2. The molecule has 0 aliphatic carbocycles. The Morgan fingerprint density at radius 1 is 1.24 bits per heavy atom. The van der Waals surface area contributed by atoms with Crippen LogP contribution in [0.1, 0.15) is 36.5 Å². The molecule has 0 unspecified atom stereocenters. The molecule has 116 valence electrons. The number of rotatable bonds is 6. The maximum absolute atomic E-state index is 13.5. The molecule has 0 spiro atoms. The van der Waals surface area contributed by atoms with Gasteiger partial charge in [0.25, 0.3) is 5.91 Å². The van der Waals surface area contributed by atoms with E-state index in [1.54, 1.807) is 0 Å². The van der Waals surface area contributed by atoms with Crippen molar-refractivity contribution >= 4 is 11.9 Å². The Labute approximate surface area is 120 Å². The van der Waals surface area contributed by atoms with Gasteiger partial charge in [0.15, 0.2) is 0 Å². The van der Waals surface area contributed by atoms with Crippen LogP contribution in [0.15, 0.2) is 12.1 Å². The van der Waals surface area contributed by atoms with Gasteiger partial charge < -0.3 is 10.1 Å². The molecule has 0 fully saturated rings. The third kappa shape index (κ3) is 4.47. The number of esters is 1. The molecule has 0 heterocycles. The predicted molar refractivity (Wildman–Crippen MR) is 69.1 cm³/mol. The van der Waals surface area contributed by atoms with E-state index in [1.807, 2.05) is 6.92 Å². The summed E-state index contributed by atoms with van der Waals surface area (Å²) in [5.74, 6) is -5.62. The zero-order chi connectivity index (χ0) is 16.0. The van der Waals surface area contributed by atoms with Gasteiger partial charge in [-0.1, -0.05) is 19.8 Å². The molecule has 0 bridgehead atoms. The Morgan fingerprint density at radius 2 is 1.81 bits per heavy atom. The number of nitrogens with one attached hydrogen (secondary N) is 1. The topological polar surface area (TPSA) is 55.4 Å². The molecule has 0 aliphatic rings. The molecule has 1 amide bonds. The second-order valence-electron chi connectivity index (χ2n) is 4.44. The number of halogens is 3. The first-order valence-corrected chi connectivity index (χ1v) is 6.43. The highest BCUT2D eigenvalue weighted by molar-refractivity contribution is 5.97. The van der Waals surface area contributed by atoms with Crippen LogP contribution in [0.25, 0.3) is 0 Å². The first-order chi connectivity index (χ1) is 9.90. The number of benzene rings is 1. The lowest BCUT2D eigenvalue weighted by Crippen LogP contribution is -2.42. The van der Waals surface area contributed by atoms with E-state index in [1.165, 1.54) is 0 Å². The molecular formula is C14H16F3NO3. The molecule has 4 nitrogen and oxygen atoms in total. The lowest BCUT2D eigenvalue weighted by molar-refractivity contribution is -0.143. The van der Waals surface area contributed by atoms with Crippen LogP contribution in [-0.2, 0) is 9.53 Å². The predicted octanol–water partition coefficient (Wildman–Crippen LogP) is 2.57. The number of methoxy groups -OCH3 is 1. The average Bonchev–Trinajstić information content (AvgIpc) is 2.41. The van der Waals surface area contributed by atoms with Crippen LogP contribution >= 0.6 is 0 Å². The Morgan fingerprint density at radius 3 is 2.29 bits per heavy atom. The summed E-state index contributed by atoms with van der Waals surface area (Å²) in [7, 11) is 1.15. The molecule has 0 aromatic heterocycles. The van der Waals surface area contributed by atoms with Gasteiger partial charge in [0.1, 0.15) is 29.1 Å². The van der Waals surface area contributed by atoms with E-state index >= 15 is 0 Å². The standard InChI is InChI=1S/C14H16F3NO3/c1-3-4-5-11(14(20)21-2)18-13(19)12-9(16)6-8(15)7-10(12)17/h6-7,11H,3-5H2,1-2H3,(H,18,19)/t11-/m1/s1. The van der Waals surface area contributed by atoms with Crippen molar-refractivity contribution < 1.29 is 27.5 Å². The zero-order valence-corrected chi connectivity index (χ0v) is 11.7. The maximum Gasteiger partial charge on any atom is 0.328 e. The first kappa shape index (κ1) is 17.0. The summed E-state index contributed by atoms with van der Waals surface area (Å²) in [4.78, 5) is 23.4. The first-order valence-electron chi connectivity index (χ1n) is 6.43. The minimum Gasteiger partial charge on any atom is -0.467 e. The summed E-state index contributed by atoms with van der Waals surface area (Å²) >= 11 is 0. The van der Waals surface area contributed by atoms with Crippen molar-refractivity contribution in [3.8, 4) is 0 Å². The van der Waals surface area contributed by atoms with Gasteiger partial charge in [-0.15, -0.1) is 0 Å². The minimum atomic E-state index is -1.33. The van der Waals surface area contributed by atoms with Crippen molar-refractivity contribution in [3.63, 3.8) is 0 Å². The summed E-state index contributed by atoms with van der Waals surface area (Å²) in [6.45, 7) is 1.88. The molecule has 1 aromatic rings. The second-order valence-corrected chi connectivity index (χ2v) is 4.44. The number of carbonyl (C=O) groups excluding carboxylic acids is 2. The van der Waals surface area contributed by atoms with Gasteiger partial charge in [-0.3, -0.25) is 4.79 Å². The van der Waals surface area contributed by atoms with Crippen molar-refractivity contribution in [3.05, 3.63) is 35.1 Å². The fourth-order valence-corrected chi connectivity index (χ4v) is 1.79. The summed E-state index contributed by atoms with van der Waals surface area (Å²) in [5.41, 5.74) is -0.929. The highest BCUT2D eigenvalue weighted by Crippen LogP contribution is 2.15. The summed E-state index contributed by atoms with van der Waals surface area (Å²) in [6.07, 6.45) is 1.66. The smallest absolute Gasteiger partial charge is 0.328 e. The van der Waals surface area contributed by atoms with Crippen LogP contribution in [0, 0.1) is 17.5 Å². The highest BCUT2D eigenvalue weighted by Gasteiger charge is 2.25. The number of hydrogen-bond acceptors (Lipinski definition) is 3. The largest absolute Gasteiger partial charge is 0.467 e. The Kier molecular flexibility index (Phi) is 6.20. The van der Waals surface area contributed by atoms with E-state index in [0.29, 0.717) is 18.6 Å². The van der Waals surface area contributed by atoms with E-state index in [9.17, 15) is 22.8 Å². The Hall–Kier alpha value is -2.05. The van der Waals surface area contributed by atoms with E-state index in [2.05, 4.69) is 10.1 Å². The molecule has 0 radical (unpaired) electrons. The van der Waals surface area contributed by atoms with Crippen LogP contribution in [0.4, 0.5) is 13.2 Å². The second kappa shape index (κ2) is 7.66. The fourth-order valence-electron chi connectivity index (χ4n) is 1.79. The van der Waals surface area contributed by atoms with Crippen LogP contribution in [0.5, 0.6) is 0 Å². The van der Waals surface area contributed by atoms with E-state index in [0.717, 1.165) is 13.5 Å². The van der Waals surface area contributed by atoms with Crippen molar-refractivity contribution in [2.45, 2.75) is 32.2 Å². The lowest BCUT2D eigenvalue weighted by atomic mass is 10.1. The van der Waals surface area contributed by atoms with Gasteiger partial charge >= 0.3 is 5.97 Å². The Balaban J connectivity index is 2.94. The molecule has 0 saturated heterocycles. The van der Waals surface area contributed by atoms with Gasteiger partial charge in [-0.2, -0.15) is 0 Å². The molecule has 0 aliphatic heterocycles. The van der Waals surface area contributed by atoms with Crippen LogP contribution in [-0.4, -0.2) is 25.0 Å². The van der Waals surface area contributed by atoms with Crippen molar-refractivity contribution in [1.29, 1.82) is 0 Å². The molecule has 21 heavy (non-hydrogen) atoms. The van der Waals surface area contributed by atoms with Crippen LogP contribution in [0.3, 0.4) is 0 Å². The van der Waals surface area contributed by atoms with E-state index in [-0.39, 0.29) is 6.42 Å². The zero-order valence-electron chi connectivity index (χ0n) is 11.7. The molecule has 7 heteroatoms. The van der Waals surface area contributed by atoms with Crippen molar-refractivity contribution in [2.24, 2.45) is 0 Å². The number of ether oxygens (including phenoxy) is 1. The normalized spacial score (nSPS) is 11.9. The molecule has 1 atom stereocenters. The molecular weight excluding hydrogens is 287 g/mol. The molecule has 0 saturated carbocycles. The quantitative estimate of drug-likeness (QED) is 0.822. The minimum absolute atomic E-state index is 0.277. The van der Waals surface area contributed by atoms with E-state index in [4.69, 9.17) is 0 Å². The van der Waals surface area contributed by atoms with Gasteiger partial charge in [0, 0.05) is 12.1 Å².